The van der Waals surface area contributed by atoms with Crippen molar-refractivity contribution in [3.8, 4) is 6.07 Å². The van der Waals surface area contributed by atoms with E-state index in [0.717, 1.165) is 0 Å². The molecule has 1 aromatic carbocycles. The summed E-state index contributed by atoms with van der Waals surface area (Å²) in [6.07, 6.45) is 0. The van der Waals surface area contributed by atoms with Gasteiger partial charge in [-0.15, -0.1) is 0 Å². The van der Waals surface area contributed by atoms with Crippen LogP contribution in [0.3, 0.4) is 0 Å². The second-order valence-electron chi connectivity index (χ2n) is 1.95. The van der Waals surface area contributed by atoms with E-state index in [9.17, 15) is 4.39 Å². The summed E-state index contributed by atoms with van der Waals surface area (Å²) in [5.74, 6) is 4.51. The molecule has 0 amide bonds. The van der Waals surface area contributed by atoms with Gasteiger partial charge >= 0.3 is 1.43 Å². The molecule has 0 saturated carbocycles. The summed E-state index contributed by atoms with van der Waals surface area (Å²) >= 11 is 0. The highest BCUT2D eigenvalue weighted by molar-refractivity contribution is 5.48. The molecule has 64 valence electrons. The molecule has 0 aliphatic rings. The smallest absolute Gasteiger partial charge is 1.00 e. The van der Waals surface area contributed by atoms with Crippen LogP contribution in [0.1, 0.15) is 6.99 Å². The van der Waals surface area contributed by atoms with Gasteiger partial charge in [0.2, 0.25) is 0 Å². The van der Waals surface area contributed by atoms with Gasteiger partial charge in [-0.2, -0.15) is 5.26 Å². The Morgan fingerprint density at radius 2 is 2.25 bits per heavy atom. The Balaban J connectivity index is 0. The fourth-order valence-corrected chi connectivity index (χ4v) is 0.701. The first-order valence-electron chi connectivity index (χ1n) is 2.94. The number of anilines is 1. The van der Waals surface area contributed by atoms with Gasteiger partial charge < -0.3 is 17.8 Å². The fraction of sp³-hybridized carbons (Fsp3) is 0. The number of nitrogens with zero attached hydrogens (tertiary/aromatic N) is 1. The van der Waals surface area contributed by atoms with Crippen LogP contribution in [0.5, 0.6) is 0 Å². The molecule has 1 rings (SSSR count). The molecule has 0 spiro atoms. The van der Waals surface area contributed by atoms with Gasteiger partial charge in [-0.05, 0) is 18.2 Å². The predicted molar refractivity (Wildman–Crippen MR) is 40.0 cm³/mol. The van der Waals surface area contributed by atoms with Crippen LogP contribution in [0, 0.1) is 17.1 Å². The van der Waals surface area contributed by atoms with Gasteiger partial charge in [0, 0.05) is 5.69 Å². The van der Waals surface area contributed by atoms with Crippen molar-refractivity contribution in [2.24, 2.45) is 5.84 Å². The Morgan fingerprint density at radius 1 is 1.58 bits per heavy atom. The highest BCUT2D eigenvalue weighted by atomic mass is 35.5. The van der Waals surface area contributed by atoms with Crippen LogP contribution in [0.25, 0.3) is 0 Å². The molecule has 0 aliphatic heterocycles. The SMILES string of the molecule is N#Cc1cc(NN)ccc1F.[Cl-].[H+]. The number of benzene rings is 1. The molecular weight excluding hydrogens is 181 g/mol. The Morgan fingerprint density at radius 3 is 2.75 bits per heavy atom. The van der Waals surface area contributed by atoms with Crippen molar-refractivity contribution >= 4 is 5.69 Å². The number of nitrogens with two attached hydrogens (primary N) is 1. The Bertz CT molecular complexity index is 313. The van der Waals surface area contributed by atoms with E-state index in [2.05, 4.69) is 5.43 Å². The van der Waals surface area contributed by atoms with E-state index >= 15 is 0 Å². The van der Waals surface area contributed by atoms with E-state index in [1.807, 2.05) is 0 Å². The van der Waals surface area contributed by atoms with Crippen molar-refractivity contribution in [2.45, 2.75) is 0 Å². The largest absolute Gasteiger partial charge is 1.00 e. The van der Waals surface area contributed by atoms with Crippen LogP contribution in [0.15, 0.2) is 18.2 Å². The Hall–Kier alpha value is -1.31. The first kappa shape index (κ1) is 10.7. The first-order chi connectivity index (χ1) is 5.27. The number of nitrogen functional groups attached to an aromatic ring is 1. The average molecular weight is 188 g/mol. The zero-order chi connectivity index (χ0) is 8.27. The second kappa shape index (κ2) is 4.54. The fourth-order valence-electron chi connectivity index (χ4n) is 0.701. The van der Waals surface area contributed by atoms with Gasteiger partial charge in [-0.1, -0.05) is 0 Å². The Labute approximate surface area is 76.9 Å². The number of hydrogen-bond donors (Lipinski definition) is 2. The van der Waals surface area contributed by atoms with Gasteiger partial charge in [0.05, 0.1) is 5.56 Å². The molecule has 0 bridgehead atoms. The zero-order valence-corrected chi connectivity index (χ0v) is 6.77. The van der Waals surface area contributed by atoms with E-state index < -0.39 is 5.82 Å². The van der Waals surface area contributed by atoms with Crippen LogP contribution in [-0.2, 0) is 0 Å². The summed E-state index contributed by atoms with van der Waals surface area (Å²) < 4.78 is 12.6. The summed E-state index contributed by atoms with van der Waals surface area (Å²) in [6.45, 7) is 0. The maximum absolute atomic E-state index is 12.6. The first-order valence-corrected chi connectivity index (χ1v) is 2.94. The van der Waals surface area contributed by atoms with E-state index in [0.29, 0.717) is 5.69 Å². The third-order valence-electron chi connectivity index (χ3n) is 1.25. The maximum atomic E-state index is 12.6. The van der Waals surface area contributed by atoms with E-state index in [4.69, 9.17) is 11.1 Å². The standard InChI is InChI=1S/C7H6FN3.ClH/c8-7-2-1-6(11-10)3-5(7)4-9;/h1-3,11H,10H2;1H. The summed E-state index contributed by atoms with van der Waals surface area (Å²) in [5.41, 5.74) is 2.81. The Kier molecular flexibility index (Phi) is 4.05. The third-order valence-corrected chi connectivity index (χ3v) is 1.25. The van der Waals surface area contributed by atoms with Crippen molar-refractivity contribution in [1.29, 1.82) is 5.26 Å². The molecule has 0 unspecified atom stereocenters. The highest BCUT2D eigenvalue weighted by Gasteiger charge is 2.00. The number of hydrogen-bond acceptors (Lipinski definition) is 3. The minimum Gasteiger partial charge on any atom is -1.00 e. The molecule has 0 fully saturated rings. The molecule has 0 saturated heterocycles. The van der Waals surface area contributed by atoms with Crippen LogP contribution < -0.4 is 23.7 Å². The van der Waals surface area contributed by atoms with E-state index in [1.165, 1.54) is 18.2 Å². The monoisotopic (exact) mass is 187 g/mol. The van der Waals surface area contributed by atoms with Gasteiger partial charge in [-0.25, -0.2) is 4.39 Å². The number of nitriles is 1. The third kappa shape index (κ3) is 2.09. The van der Waals surface area contributed by atoms with E-state index in [-0.39, 0.29) is 19.4 Å². The topological polar surface area (TPSA) is 61.8 Å². The van der Waals surface area contributed by atoms with Gasteiger partial charge in [0.1, 0.15) is 11.9 Å². The zero-order valence-electron chi connectivity index (χ0n) is 7.01. The minimum atomic E-state index is -0.536. The quantitative estimate of drug-likeness (QED) is 0.399. The summed E-state index contributed by atoms with van der Waals surface area (Å²) in [7, 11) is 0. The molecule has 0 aromatic heterocycles. The number of hydrazine groups is 1. The summed E-state index contributed by atoms with van der Waals surface area (Å²) in [5, 5.41) is 8.38. The lowest BCUT2D eigenvalue weighted by Crippen LogP contribution is -3.00. The van der Waals surface area contributed by atoms with Gasteiger partial charge in [0.15, 0.2) is 0 Å². The van der Waals surface area contributed by atoms with E-state index in [1.54, 1.807) is 6.07 Å². The predicted octanol–water partition coefficient (Wildman–Crippen LogP) is -1.90. The van der Waals surface area contributed by atoms with Crippen molar-refractivity contribution < 1.29 is 18.2 Å². The molecule has 3 nitrogen and oxygen atoms in total. The number of nitrogens with one attached hydrogen (secondary N) is 1. The lowest BCUT2D eigenvalue weighted by atomic mass is 10.2. The molecular formula is C7H7ClFN3. The molecule has 0 heterocycles. The summed E-state index contributed by atoms with van der Waals surface area (Å²) in [4.78, 5) is 0. The van der Waals surface area contributed by atoms with Crippen molar-refractivity contribution in [3.05, 3.63) is 29.6 Å². The van der Waals surface area contributed by atoms with Crippen LogP contribution >= 0.6 is 0 Å². The van der Waals surface area contributed by atoms with Crippen molar-refractivity contribution in [2.75, 3.05) is 5.43 Å². The number of halogens is 2. The molecule has 1 aromatic rings. The molecule has 5 heteroatoms. The number of rotatable bonds is 1. The summed E-state index contributed by atoms with van der Waals surface area (Å²) in [6, 6.07) is 5.68. The highest BCUT2D eigenvalue weighted by Crippen LogP contribution is 2.11. The van der Waals surface area contributed by atoms with Crippen LogP contribution in [0.2, 0.25) is 0 Å². The normalized spacial score (nSPS) is 8.08. The lowest BCUT2D eigenvalue weighted by Gasteiger charge is -1.98. The average Bonchev–Trinajstić information content (AvgIpc) is 2.05. The van der Waals surface area contributed by atoms with Crippen molar-refractivity contribution in [1.82, 2.24) is 0 Å². The van der Waals surface area contributed by atoms with Gasteiger partial charge in [0.25, 0.3) is 0 Å². The van der Waals surface area contributed by atoms with Crippen LogP contribution in [-0.4, -0.2) is 0 Å². The second-order valence-corrected chi connectivity index (χ2v) is 1.95. The molecule has 12 heavy (non-hydrogen) atoms. The molecule has 0 atom stereocenters. The van der Waals surface area contributed by atoms with Crippen LogP contribution in [0.4, 0.5) is 10.1 Å². The molecule has 3 N–H and O–H groups in total. The maximum Gasteiger partial charge on any atom is 1.00 e. The minimum absolute atomic E-state index is 0. The molecule has 0 radical (unpaired) electrons. The van der Waals surface area contributed by atoms with Crippen molar-refractivity contribution in [3.63, 3.8) is 0 Å². The van der Waals surface area contributed by atoms with Gasteiger partial charge in [-0.3, -0.25) is 5.84 Å². The lowest BCUT2D eigenvalue weighted by molar-refractivity contribution is -0.00000313. The molecule has 0 aliphatic carbocycles.